The summed E-state index contributed by atoms with van der Waals surface area (Å²) in [4.78, 5) is 29.3. The van der Waals surface area contributed by atoms with Crippen LogP contribution in [-0.4, -0.2) is 62.2 Å². The van der Waals surface area contributed by atoms with Crippen LogP contribution in [0.5, 0.6) is 11.5 Å². The third kappa shape index (κ3) is 7.10. The summed E-state index contributed by atoms with van der Waals surface area (Å²) in [5.74, 6) is 0.675. The highest BCUT2D eigenvalue weighted by Crippen LogP contribution is 2.23. The monoisotopic (exact) mass is 530 g/mol. The molecule has 0 bridgehead atoms. The van der Waals surface area contributed by atoms with Gasteiger partial charge in [-0.3, -0.25) is 14.9 Å². The van der Waals surface area contributed by atoms with Gasteiger partial charge in [0.25, 0.3) is 5.91 Å². The van der Waals surface area contributed by atoms with Crippen molar-refractivity contribution in [2.45, 2.75) is 0 Å². The Kier molecular flexibility index (Phi) is 8.94. The fourth-order valence-electron chi connectivity index (χ4n) is 4.05. The summed E-state index contributed by atoms with van der Waals surface area (Å²) in [6, 6.07) is 22.5. The first-order valence-electron chi connectivity index (χ1n) is 12.2. The van der Waals surface area contributed by atoms with E-state index < -0.39 is 0 Å². The van der Waals surface area contributed by atoms with Crippen molar-refractivity contribution in [2.75, 3.05) is 50.6 Å². The number of carbonyl (C=O) groups excluding carboxylic acids is 2. The van der Waals surface area contributed by atoms with Gasteiger partial charge < -0.3 is 24.6 Å². The van der Waals surface area contributed by atoms with Gasteiger partial charge in [0.2, 0.25) is 5.91 Å². The molecule has 1 saturated heterocycles. The van der Waals surface area contributed by atoms with Crippen LogP contribution in [0, 0.1) is 0 Å². The normalized spacial score (nSPS) is 13.2. The van der Waals surface area contributed by atoms with Crippen LogP contribution in [0.25, 0.3) is 6.08 Å². The van der Waals surface area contributed by atoms with Gasteiger partial charge in [0, 0.05) is 55.3 Å². The van der Waals surface area contributed by atoms with Crippen molar-refractivity contribution in [3.8, 4) is 11.5 Å². The summed E-state index contributed by atoms with van der Waals surface area (Å²) in [5.41, 5.74) is 3.18. The first-order chi connectivity index (χ1) is 18.4. The standard InChI is InChI=1S/C29H30N4O4S/c1-36-25-18-22(19-26(20-25)37-2)28(35)31-29(38)30-23-9-11-24(12-10-23)32-14-16-33(17-15-32)27(34)13-8-21-6-4-3-5-7-21/h3-13,18-20H,14-17H2,1-2H3,(H2,30,31,35,38)/b13-8+. The van der Waals surface area contributed by atoms with E-state index in [2.05, 4.69) is 15.5 Å². The van der Waals surface area contributed by atoms with E-state index in [1.54, 1.807) is 24.3 Å². The van der Waals surface area contributed by atoms with E-state index in [9.17, 15) is 9.59 Å². The summed E-state index contributed by atoms with van der Waals surface area (Å²) >= 11 is 5.32. The molecule has 196 valence electrons. The van der Waals surface area contributed by atoms with E-state index in [1.165, 1.54) is 14.2 Å². The number of methoxy groups -OCH3 is 2. The predicted octanol–water partition coefficient (Wildman–Crippen LogP) is 4.19. The second-order valence-electron chi connectivity index (χ2n) is 8.61. The van der Waals surface area contributed by atoms with Crippen molar-refractivity contribution >= 4 is 46.6 Å². The minimum absolute atomic E-state index is 0.0241. The number of piperazine rings is 1. The molecule has 0 unspecified atom stereocenters. The first kappa shape index (κ1) is 26.7. The molecule has 0 spiro atoms. The largest absolute Gasteiger partial charge is 0.497 e. The van der Waals surface area contributed by atoms with Gasteiger partial charge in [0.15, 0.2) is 5.11 Å². The zero-order chi connectivity index (χ0) is 26.9. The van der Waals surface area contributed by atoms with E-state index in [4.69, 9.17) is 21.7 Å². The van der Waals surface area contributed by atoms with Crippen molar-refractivity contribution in [1.82, 2.24) is 10.2 Å². The maximum atomic E-state index is 12.6. The van der Waals surface area contributed by atoms with Crippen LogP contribution in [0.4, 0.5) is 11.4 Å². The molecular weight excluding hydrogens is 500 g/mol. The zero-order valence-electron chi connectivity index (χ0n) is 21.3. The topological polar surface area (TPSA) is 83.1 Å². The highest BCUT2D eigenvalue weighted by Gasteiger charge is 2.20. The second kappa shape index (κ2) is 12.7. The summed E-state index contributed by atoms with van der Waals surface area (Å²) in [5, 5.41) is 5.90. The van der Waals surface area contributed by atoms with Gasteiger partial charge in [-0.25, -0.2) is 0 Å². The number of amides is 2. The lowest BCUT2D eigenvalue weighted by Gasteiger charge is -2.35. The van der Waals surface area contributed by atoms with Crippen molar-refractivity contribution in [3.05, 3.63) is 90.0 Å². The molecule has 38 heavy (non-hydrogen) atoms. The van der Waals surface area contributed by atoms with E-state index in [1.807, 2.05) is 65.6 Å². The van der Waals surface area contributed by atoms with Crippen LogP contribution >= 0.6 is 12.2 Å². The fourth-order valence-corrected chi connectivity index (χ4v) is 4.26. The van der Waals surface area contributed by atoms with Crippen LogP contribution in [-0.2, 0) is 4.79 Å². The smallest absolute Gasteiger partial charge is 0.257 e. The fraction of sp³-hybridized carbons (Fsp3) is 0.207. The maximum absolute atomic E-state index is 12.6. The van der Waals surface area contributed by atoms with Crippen LogP contribution in [0.2, 0.25) is 0 Å². The van der Waals surface area contributed by atoms with E-state index in [0.717, 1.165) is 30.0 Å². The van der Waals surface area contributed by atoms with Crippen molar-refractivity contribution in [3.63, 3.8) is 0 Å². The first-order valence-corrected chi connectivity index (χ1v) is 12.6. The lowest BCUT2D eigenvalue weighted by Crippen LogP contribution is -2.48. The number of rotatable bonds is 7. The van der Waals surface area contributed by atoms with E-state index in [0.29, 0.717) is 30.2 Å². The average molecular weight is 531 g/mol. The van der Waals surface area contributed by atoms with Gasteiger partial charge in [0.1, 0.15) is 11.5 Å². The number of benzene rings is 3. The molecule has 0 aliphatic carbocycles. The van der Waals surface area contributed by atoms with Gasteiger partial charge in [-0.2, -0.15) is 0 Å². The van der Waals surface area contributed by atoms with Gasteiger partial charge >= 0.3 is 0 Å². The summed E-state index contributed by atoms with van der Waals surface area (Å²) in [6.07, 6.45) is 3.48. The molecule has 0 aromatic heterocycles. The third-order valence-corrected chi connectivity index (χ3v) is 6.34. The number of ether oxygens (including phenoxy) is 2. The van der Waals surface area contributed by atoms with Gasteiger partial charge in [-0.05, 0) is 60.3 Å². The molecule has 1 aliphatic heterocycles. The Bertz CT molecular complexity index is 1280. The average Bonchev–Trinajstić information content (AvgIpc) is 2.96. The Morgan fingerprint density at radius 3 is 2.11 bits per heavy atom. The number of nitrogens with zero attached hydrogens (tertiary/aromatic N) is 2. The Morgan fingerprint density at radius 1 is 0.868 bits per heavy atom. The van der Waals surface area contributed by atoms with Gasteiger partial charge in [-0.1, -0.05) is 30.3 Å². The molecule has 0 atom stereocenters. The van der Waals surface area contributed by atoms with Crippen LogP contribution in [0.15, 0.2) is 78.9 Å². The molecule has 4 rings (SSSR count). The van der Waals surface area contributed by atoms with Crippen molar-refractivity contribution < 1.29 is 19.1 Å². The highest BCUT2D eigenvalue weighted by molar-refractivity contribution is 7.80. The lowest BCUT2D eigenvalue weighted by atomic mass is 10.2. The number of hydrogen-bond donors (Lipinski definition) is 2. The minimum atomic E-state index is -0.373. The molecule has 3 aromatic rings. The Hall–Kier alpha value is -4.37. The number of hydrogen-bond acceptors (Lipinski definition) is 6. The predicted molar refractivity (Wildman–Crippen MR) is 154 cm³/mol. The van der Waals surface area contributed by atoms with Crippen LogP contribution < -0.4 is 25.0 Å². The molecular formula is C29H30N4O4S. The number of anilines is 2. The number of thiocarbonyl (C=S) groups is 1. The molecule has 0 radical (unpaired) electrons. The molecule has 1 aliphatic rings. The maximum Gasteiger partial charge on any atom is 0.257 e. The quantitative estimate of drug-likeness (QED) is 0.350. The van der Waals surface area contributed by atoms with Gasteiger partial charge in [-0.15, -0.1) is 0 Å². The lowest BCUT2D eigenvalue weighted by molar-refractivity contribution is -0.126. The molecule has 0 saturated carbocycles. The summed E-state index contributed by atoms with van der Waals surface area (Å²) < 4.78 is 10.4. The van der Waals surface area contributed by atoms with Crippen LogP contribution in [0.1, 0.15) is 15.9 Å². The van der Waals surface area contributed by atoms with Crippen molar-refractivity contribution in [2.24, 2.45) is 0 Å². The van der Waals surface area contributed by atoms with Crippen LogP contribution in [0.3, 0.4) is 0 Å². The van der Waals surface area contributed by atoms with Gasteiger partial charge in [0.05, 0.1) is 14.2 Å². The number of nitrogens with one attached hydrogen (secondary N) is 2. The highest BCUT2D eigenvalue weighted by atomic mass is 32.1. The Balaban J connectivity index is 1.27. The molecule has 9 heteroatoms. The Labute approximate surface area is 227 Å². The second-order valence-corrected chi connectivity index (χ2v) is 9.02. The molecule has 8 nitrogen and oxygen atoms in total. The SMILES string of the molecule is COc1cc(OC)cc(C(=O)NC(=S)Nc2ccc(N3CCN(C(=O)/C=C/c4ccccc4)CC3)cc2)c1. The molecule has 3 aromatic carbocycles. The van der Waals surface area contributed by atoms with Crippen molar-refractivity contribution in [1.29, 1.82) is 0 Å². The molecule has 1 heterocycles. The minimum Gasteiger partial charge on any atom is -0.497 e. The molecule has 2 amide bonds. The van der Waals surface area contributed by atoms with E-state index >= 15 is 0 Å². The third-order valence-electron chi connectivity index (χ3n) is 6.14. The summed E-state index contributed by atoms with van der Waals surface area (Å²) in [6.45, 7) is 2.80. The Morgan fingerprint density at radius 2 is 1.50 bits per heavy atom. The van der Waals surface area contributed by atoms with E-state index in [-0.39, 0.29) is 16.9 Å². The molecule has 2 N–H and O–H groups in total. The summed E-state index contributed by atoms with van der Waals surface area (Å²) in [7, 11) is 3.05. The molecule has 1 fully saturated rings. The zero-order valence-corrected chi connectivity index (χ0v) is 22.2. The number of carbonyl (C=O) groups is 2.